The lowest BCUT2D eigenvalue weighted by atomic mass is 10.1. The van der Waals surface area contributed by atoms with Gasteiger partial charge in [0.1, 0.15) is 0 Å². The monoisotopic (exact) mass is 283 g/mol. The van der Waals surface area contributed by atoms with E-state index in [1.807, 2.05) is 12.3 Å². The van der Waals surface area contributed by atoms with Gasteiger partial charge in [-0.05, 0) is 37.1 Å². The second kappa shape index (κ2) is 6.01. The number of carboxylic acid groups (broad SMARTS) is 1. The first kappa shape index (κ1) is 13.7. The molecule has 108 valence electrons. The predicted molar refractivity (Wildman–Crippen MR) is 77.8 cm³/mol. The van der Waals surface area contributed by atoms with Crippen LogP contribution >= 0.6 is 0 Å². The van der Waals surface area contributed by atoms with Crippen LogP contribution in [0.4, 0.5) is 0 Å². The highest BCUT2D eigenvalue weighted by molar-refractivity contribution is 5.87. The normalized spacial score (nSPS) is 18.8. The maximum Gasteiger partial charge on any atom is 0.335 e. The van der Waals surface area contributed by atoms with E-state index in [1.54, 1.807) is 30.6 Å². The van der Waals surface area contributed by atoms with Gasteiger partial charge in [0.2, 0.25) is 0 Å². The second-order valence-corrected chi connectivity index (χ2v) is 5.26. The number of hydrogen-bond acceptors (Lipinski definition) is 4. The van der Waals surface area contributed by atoms with Crippen LogP contribution in [-0.4, -0.2) is 32.5 Å². The molecule has 1 saturated heterocycles. The van der Waals surface area contributed by atoms with Crippen LogP contribution in [0.1, 0.15) is 40.5 Å². The maximum atomic E-state index is 11.0. The summed E-state index contributed by atoms with van der Waals surface area (Å²) in [4.78, 5) is 21.9. The first-order chi connectivity index (χ1) is 10.2. The minimum Gasteiger partial charge on any atom is -0.478 e. The number of aromatic carboxylic acids is 1. The number of likely N-dealkylation sites (tertiary alicyclic amines) is 1. The molecule has 1 fully saturated rings. The van der Waals surface area contributed by atoms with E-state index < -0.39 is 5.97 Å². The lowest BCUT2D eigenvalue weighted by Gasteiger charge is -2.23. The third kappa shape index (κ3) is 3.08. The SMILES string of the molecule is O=C(O)c1cccc(CN2CCC[C@H]2c2cnccn2)c1. The van der Waals surface area contributed by atoms with E-state index in [0.717, 1.165) is 37.2 Å². The lowest BCUT2D eigenvalue weighted by molar-refractivity contribution is 0.0696. The highest BCUT2D eigenvalue weighted by Gasteiger charge is 2.27. The Morgan fingerprint density at radius 3 is 3.05 bits per heavy atom. The molecule has 0 unspecified atom stereocenters. The minimum atomic E-state index is -0.885. The van der Waals surface area contributed by atoms with Gasteiger partial charge in [-0.1, -0.05) is 12.1 Å². The molecule has 1 N–H and O–H groups in total. The molecule has 21 heavy (non-hydrogen) atoms. The summed E-state index contributed by atoms with van der Waals surface area (Å²) in [7, 11) is 0. The number of hydrogen-bond donors (Lipinski definition) is 1. The van der Waals surface area contributed by atoms with Crippen LogP contribution in [0.25, 0.3) is 0 Å². The van der Waals surface area contributed by atoms with Gasteiger partial charge in [0.05, 0.1) is 17.3 Å². The van der Waals surface area contributed by atoms with Crippen LogP contribution in [0.5, 0.6) is 0 Å². The van der Waals surface area contributed by atoms with Gasteiger partial charge in [0.15, 0.2) is 0 Å². The summed E-state index contributed by atoms with van der Waals surface area (Å²) >= 11 is 0. The Kier molecular flexibility index (Phi) is 3.92. The van der Waals surface area contributed by atoms with Crippen molar-refractivity contribution in [3.63, 3.8) is 0 Å². The fraction of sp³-hybridized carbons (Fsp3) is 0.312. The lowest BCUT2D eigenvalue weighted by Crippen LogP contribution is -2.23. The van der Waals surface area contributed by atoms with Gasteiger partial charge in [0.25, 0.3) is 0 Å². The molecule has 0 spiro atoms. The van der Waals surface area contributed by atoms with Gasteiger partial charge in [-0.15, -0.1) is 0 Å². The molecule has 0 bridgehead atoms. The molecule has 2 aromatic rings. The molecule has 0 aliphatic carbocycles. The van der Waals surface area contributed by atoms with Crippen molar-refractivity contribution >= 4 is 5.97 Å². The molecule has 1 atom stereocenters. The molecule has 0 amide bonds. The van der Waals surface area contributed by atoms with Gasteiger partial charge < -0.3 is 5.11 Å². The Morgan fingerprint density at radius 1 is 1.38 bits per heavy atom. The van der Waals surface area contributed by atoms with Crippen molar-refractivity contribution in [3.8, 4) is 0 Å². The predicted octanol–water partition coefficient (Wildman–Crippen LogP) is 2.51. The third-order valence-electron chi connectivity index (χ3n) is 3.85. The highest BCUT2D eigenvalue weighted by atomic mass is 16.4. The molecule has 1 aliphatic rings. The molecule has 5 heteroatoms. The zero-order chi connectivity index (χ0) is 14.7. The maximum absolute atomic E-state index is 11.0. The van der Waals surface area contributed by atoms with Crippen LogP contribution in [-0.2, 0) is 6.54 Å². The van der Waals surface area contributed by atoms with Crippen LogP contribution in [0.3, 0.4) is 0 Å². The quantitative estimate of drug-likeness (QED) is 0.934. The molecule has 1 aliphatic heterocycles. The number of carboxylic acids is 1. The van der Waals surface area contributed by atoms with Gasteiger partial charge >= 0.3 is 5.97 Å². The summed E-state index contributed by atoms with van der Waals surface area (Å²) in [6, 6.07) is 7.40. The van der Waals surface area contributed by atoms with Crippen LogP contribution < -0.4 is 0 Å². The molecule has 1 aromatic heterocycles. The van der Waals surface area contributed by atoms with Gasteiger partial charge in [-0.3, -0.25) is 14.9 Å². The van der Waals surface area contributed by atoms with Gasteiger partial charge in [0, 0.05) is 25.1 Å². The van der Waals surface area contributed by atoms with Crippen molar-refractivity contribution in [3.05, 3.63) is 59.7 Å². The Hall–Kier alpha value is -2.27. The second-order valence-electron chi connectivity index (χ2n) is 5.26. The topological polar surface area (TPSA) is 66.3 Å². The fourth-order valence-electron chi connectivity index (χ4n) is 2.87. The zero-order valence-electron chi connectivity index (χ0n) is 11.6. The van der Waals surface area contributed by atoms with E-state index in [0.29, 0.717) is 5.56 Å². The molecular weight excluding hydrogens is 266 g/mol. The summed E-state index contributed by atoms with van der Waals surface area (Å²) in [5.41, 5.74) is 2.35. The average Bonchev–Trinajstić information content (AvgIpc) is 2.96. The molecule has 0 radical (unpaired) electrons. The minimum absolute atomic E-state index is 0.271. The number of nitrogens with zero attached hydrogens (tertiary/aromatic N) is 3. The number of carbonyl (C=O) groups is 1. The van der Waals surface area contributed by atoms with Crippen LogP contribution in [0.15, 0.2) is 42.9 Å². The Labute approximate surface area is 123 Å². The van der Waals surface area contributed by atoms with Crippen molar-refractivity contribution in [1.82, 2.24) is 14.9 Å². The van der Waals surface area contributed by atoms with Gasteiger partial charge in [-0.2, -0.15) is 0 Å². The van der Waals surface area contributed by atoms with E-state index in [2.05, 4.69) is 14.9 Å². The number of rotatable bonds is 4. The van der Waals surface area contributed by atoms with Crippen molar-refractivity contribution in [2.45, 2.75) is 25.4 Å². The molecule has 5 nitrogen and oxygen atoms in total. The van der Waals surface area contributed by atoms with E-state index in [4.69, 9.17) is 5.11 Å². The first-order valence-corrected chi connectivity index (χ1v) is 7.06. The summed E-state index contributed by atoms with van der Waals surface area (Å²) in [5.74, 6) is -0.885. The third-order valence-corrected chi connectivity index (χ3v) is 3.85. The van der Waals surface area contributed by atoms with Crippen molar-refractivity contribution in [2.24, 2.45) is 0 Å². The molecule has 1 aromatic carbocycles. The summed E-state index contributed by atoms with van der Waals surface area (Å²) in [6.45, 7) is 1.74. The van der Waals surface area contributed by atoms with E-state index in [-0.39, 0.29) is 6.04 Å². The standard InChI is InChI=1S/C16H17N3O2/c20-16(21)13-4-1-3-12(9-13)11-19-8-2-5-15(19)14-10-17-6-7-18-14/h1,3-4,6-7,9-10,15H,2,5,8,11H2,(H,20,21)/t15-/m0/s1. The van der Waals surface area contributed by atoms with Crippen LogP contribution in [0, 0.1) is 0 Å². The summed E-state index contributed by atoms with van der Waals surface area (Å²) in [5, 5.41) is 9.07. The highest BCUT2D eigenvalue weighted by Crippen LogP contribution is 2.31. The smallest absolute Gasteiger partial charge is 0.335 e. The number of aromatic nitrogens is 2. The molecule has 3 rings (SSSR count). The van der Waals surface area contributed by atoms with Crippen molar-refractivity contribution < 1.29 is 9.90 Å². The van der Waals surface area contributed by atoms with E-state index >= 15 is 0 Å². The molecule has 2 heterocycles. The Balaban J connectivity index is 1.78. The zero-order valence-corrected chi connectivity index (χ0v) is 11.6. The van der Waals surface area contributed by atoms with E-state index in [1.165, 1.54) is 0 Å². The summed E-state index contributed by atoms with van der Waals surface area (Å²) < 4.78 is 0. The average molecular weight is 283 g/mol. The van der Waals surface area contributed by atoms with Crippen molar-refractivity contribution in [1.29, 1.82) is 0 Å². The fourth-order valence-corrected chi connectivity index (χ4v) is 2.87. The first-order valence-electron chi connectivity index (χ1n) is 7.06. The van der Waals surface area contributed by atoms with Gasteiger partial charge in [-0.25, -0.2) is 4.79 Å². The molecular formula is C16H17N3O2. The Bertz CT molecular complexity index is 630. The van der Waals surface area contributed by atoms with Crippen LogP contribution in [0.2, 0.25) is 0 Å². The Morgan fingerprint density at radius 2 is 2.29 bits per heavy atom. The van der Waals surface area contributed by atoms with E-state index in [9.17, 15) is 4.79 Å². The number of benzene rings is 1. The van der Waals surface area contributed by atoms with Crippen molar-refractivity contribution in [2.75, 3.05) is 6.54 Å². The summed E-state index contributed by atoms with van der Waals surface area (Å²) in [6.07, 6.45) is 7.41. The molecule has 0 saturated carbocycles. The largest absolute Gasteiger partial charge is 0.478 e.